The lowest BCUT2D eigenvalue weighted by molar-refractivity contribution is -0.137. The third kappa shape index (κ3) is 2.54. The van der Waals surface area contributed by atoms with Crippen molar-refractivity contribution in [1.29, 1.82) is 0 Å². The van der Waals surface area contributed by atoms with Gasteiger partial charge in [-0.3, -0.25) is 9.67 Å². The van der Waals surface area contributed by atoms with Crippen LogP contribution >= 0.6 is 12.2 Å². The number of aliphatic hydroxyl groups is 1. The summed E-state index contributed by atoms with van der Waals surface area (Å²) < 4.78 is 39.6. The van der Waals surface area contributed by atoms with Gasteiger partial charge in [-0.25, -0.2) is 0 Å². The number of rotatable bonds is 2. The third-order valence-corrected chi connectivity index (χ3v) is 2.93. The highest BCUT2D eigenvalue weighted by Crippen LogP contribution is 2.31. The molecule has 0 aliphatic carbocycles. The van der Waals surface area contributed by atoms with Crippen molar-refractivity contribution in [3.8, 4) is 5.69 Å². The molecule has 1 aromatic carbocycles. The SMILES string of the molecule is Cc1ccc(C(F)(F)F)cc1-n1c(CO)n[nH]c1=S. The Morgan fingerprint density at radius 1 is 1.42 bits per heavy atom. The Kier molecular flexibility index (Phi) is 3.46. The van der Waals surface area contributed by atoms with Gasteiger partial charge in [-0.1, -0.05) is 6.07 Å². The van der Waals surface area contributed by atoms with Gasteiger partial charge in [-0.15, -0.1) is 0 Å². The maximum absolute atomic E-state index is 12.7. The highest BCUT2D eigenvalue weighted by molar-refractivity contribution is 7.71. The van der Waals surface area contributed by atoms with Crippen LogP contribution in [0.4, 0.5) is 13.2 Å². The summed E-state index contributed by atoms with van der Waals surface area (Å²) in [5.74, 6) is 0.160. The normalized spacial score (nSPS) is 11.8. The molecule has 0 radical (unpaired) electrons. The van der Waals surface area contributed by atoms with Crippen molar-refractivity contribution in [2.75, 3.05) is 0 Å². The molecule has 19 heavy (non-hydrogen) atoms. The van der Waals surface area contributed by atoms with Gasteiger partial charge in [-0.05, 0) is 36.8 Å². The average Bonchev–Trinajstić information content (AvgIpc) is 2.69. The quantitative estimate of drug-likeness (QED) is 0.836. The first kappa shape index (κ1) is 13.8. The van der Waals surface area contributed by atoms with Gasteiger partial charge < -0.3 is 5.11 Å². The minimum Gasteiger partial charge on any atom is -0.388 e. The lowest BCUT2D eigenvalue weighted by Gasteiger charge is -2.13. The molecule has 2 rings (SSSR count). The van der Waals surface area contributed by atoms with Crippen LogP contribution < -0.4 is 0 Å². The molecular weight excluding hydrogens is 279 g/mol. The summed E-state index contributed by atoms with van der Waals surface area (Å²) in [5, 5.41) is 15.3. The predicted molar refractivity (Wildman–Crippen MR) is 64.4 cm³/mol. The Hall–Kier alpha value is -1.67. The van der Waals surface area contributed by atoms with E-state index in [-0.39, 0.29) is 16.3 Å². The number of benzene rings is 1. The van der Waals surface area contributed by atoms with E-state index in [9.17, 15) is 13.2 Å². The number of hydrogen-bond donors (Lipinski definition) is 2. The maximum Gasteiger partial charge on any atom is 0.416 e. The summed E-state index contributed by atoms with van der Waals surface area (Å²) in [7, 11) is 0. The molecule has 0 fully saturated rings. The third-order valence-electron chi connectivity index (χ3n) is 2.66. The van der Waals surface area contributed by atoms with Crippen LogP contribution in [0, 0.1) is 11.7 Å². The van der Waals surface area contributed by atoms with Crippen molar-refractivity contribution in [1.82, 2.24) is 14.8 Å². The molecule has 0 saturated carbocycles. The Balaban J connectivity index is 2.68. The largest absolute Gasteiger partial charge is 0.416 e. The second kappa shape index (κ2) is 4.78. The summed E-state index contributed by atoms with van der Waals surface area (Å²) in [4.78, 5) is 0. The second-order valence-electron chi connectivity index (χ2n) is 3.94. The van der Waals surface area contributed by atoms with Crippen LogP contribution in [-0.4, -0.2) is 19.9 Å². The molecular formula is C11H10F3N3OS. The Labute approximate surface area is 111 Å². The van der Waals surface area contributed by atoms with Crippen molar-refractivity contribution in [2.24, 2.45) is 0 Å². The zero-order valence-electron chi connectivity index (χ0n) is 9.82. The smallest absolute Gasteiger partial charge is 0.388 e. The molecule has 4 nitrogen and oxygen atoms in total. The number of aliphatic hydroxyl groups excluding tert-OH is 1. The predicted octanol–water partition coefficient (Wildman–Crippen LogP) is 2.75. The van der Waals surface area contributed by atoms with Crippen molar-refractivity contribution in [3.05, 3.63) is 39.9 Å². The number of nitrogens with one attached hydrogen (secondary N) is 1. The summed E-state index contributed by atoms with van der Waals surface area (Å²) in [6.45, 7) is 1.23. The van der Waals surface area contributed by atoms with Crippen molar-refractivity contribution in [3.63, 3.8) is 0 Å². The lowest BCUT2D eigenvalue weighted by atomic mass is 10.1. The minimum absolute atomic E-state index is 0.131. The summed E-state index contributed by atoms with van der Waals surface area (Å²) in [5.41, 5.74) is 0.0675. The Morgan fingerprint density at radius 3 is 2.68 bits per heavy atom. The average molecular weight is 289 g/mol. The first-order valence-electron chi connectivity index (χ1n) is 5.30. The van der Waals surface area contributed by atoms with Gasteiger partial charge in [0.1, 0.15) is 6.61 Å². The van der Waals surface area contributed by atoms with Crippen LogP contribution in [0.5, 0.6) is 0 Å². The zero-order chi connectivity index (χ0) is 14.2. The summed E-state index contributed by atoms with van der Waals surface area (Å²) >= 11 is 4.97. The van der Waals surface area contributed by atoms with E-state index in [0.29, 0.717) is 5.56 Å². The van der Waals surface area contributed by atoms with E-state index in [4.69, 9.17) is 17.3 Å². The standard InChI is InChI=1S/C11H10F3N3OS/c1-6-2-3-7(11(12,13)14)4-8(6)17-9(5-18)15-16-10(17)19/h2-4,18H,5H2,1H3,(H,16,19). The molecule has 0 atom stereocenters. The van der Waals surface area contributed by atoms with E-state index in [1.54, 1.807) is 6.92 Å². The molecule has 0 unspecified atom stereocenters. The van der Waals surface area contributed by atoms with Crippen LogP contribution in [-0.2, 0) is 12.8 Å². The molecule has 102 valence electrons. The van der Waals surface area contributed by atoms with Crippen molar-refractivity contribution >= 4 is 12.2 Å². The van der Waals surface area contributed by atoms with Gasteiger partial charge in [0.05, 0.1) is 11.3 Å². The van der Waals surface area contributed by atoms with Crippen molar-refractivity contribution in [2.45, 2.75) is 19.7 Å². The number of aromatic amines is 1. The molecule has 2 aromatic rings. The number of H-pyrrole nitrogens is 1. The van der Waals surface area contributed by atoms with Gasteiger partial charge in [0.15, 0.2) is 10.6 Å². The molecule has 0 amide bonds. The van der Waals surface area contributed by atoms with Gasteiger partial charge in [0.25, 0.3) is 0 Å². The molecule has 0 saturated heterocycles. The lowest BCUT2D eigenvalue weighted by Crippen LogP contribution is -2.09. The van der Waals surface area contributed by atoms with Crippen LogP contribution in [0.2, 0.25) is 0 Å². The molecule has 2 N–H and O–H groups in total. The first-order chi connectivity index (χ1) is 8.84. The van der Waals surface area contributed by atoms with Gasteiger partial charge in [0, 0.05) is 0 Å². The van der Waals surface area contributed by atoms with E-state index in [0.717, 1.165) is 12.1 Å². The van der Waals surface area contributed by atoms with Crippen LogP contribution in [0.15, 0.2) is 18.2 Å². The van der Waals surface area contributed by atoms with E-state index in [2.05, 4.69) is 10.2 Å². The highest BCUT2D eigenvalue weighted by Gasteiger charge is 2.31. The molecule has 8 heteroatoms. The van der Waals surface area contributed by atoms with E-state index >= 15 is 0 Å². The highest BCUT2D eigenvalue weighted by atomic mass is 32.1. The van der Waals surface area contributed by atoms with E-state index < -0.39 is 18.3 Å². The number of aromatic nitrogens is 3. The molecule has 1 aromatic heterocycles. The number of alkyl halides is 3. The number of halogens is 3. The van der Waals surface area contributed by atoms with Gasteiger partial charge in [-0.2, -0.15) is 18.3 Å². The van der Waals surface area contributed by atoms with Crippen LogP contribution in [0.3, 0.4) is 0 Å². The van der Waals surface area contributed by atoms with Gasteiger partial charge in [0.2, 0.25) is 0 Å². The topological polar surface area (TPSA) is 53.8 Å². The second-order valence-corrected chi connectivity index (χ2v) is 4.32. The van der Waals surface area contributed by atoms with Gasteiger partial charge >= 0.3 is 6.18 Å². The van der Waals surface area contributed by atoms with E-state index in [1.165, 1.54) is 10.6 Å². The maximum atomic E-state index is 12.7. The fourth-order valence-electron chi connectivity index (χ4n) is 1.71. The van der Waals surface area contributed by atoms with E-state index in [1.807, 2.05) is 0 Å². The number of nitrogens with zero attached hydrogens (tertiary/aromatic N) is 2. The van der Waals surface area contributed by atoms with Crippen molar-refractivity contribution < 1.29 is 18.3 Å². The summed E-state index contributed by atoms with van der Waals surface area (Å²) in [6.07, 6.45) is -4.44. The Bertz CT molecular complexity index is 660. The van der Waals surface area contributed by atoms with Crippen LogP contribution in [0.1, 0.15) is 17.0 Å². The minimum atomic E-state index is -4.44. The molecule has 1 heterocycles. The fraction of sp³-hybridized carbons (Fsp3) is 0.273. The zero-order valence-corrected chi connectivity index (χ0v) is 10.6. The molecule has 0 aliphatic heterocycles. The molecule has 0 spiro atoms. The Morgan fingerprint density at radius 2 is 2.11 bits per heavy atom. The number of hydrogen-bond acceptors (Lipinski definition) is 3. The molecule has 0 bridgehead atoms. The summed E-state index contributed by atoms with van der Waals surface area (Å²) in [6, 6.07) is 3.34. The number of aryl methyl sites for hydroxylation is 1. The first-order valence-corrected chi connectivity index (χ1v) is 5.71. The molecule has 0 aliphatic rings. The monoisotopic (exact) mass is 289 g/mol. The fourth-order valence-corrected chi connectivity index (χ4v) is 1.96. The van der Waals surface area contributed by atoms with Crippen LogP contribution in [0.25, 0.3) is 5.69 Å².